The van der Waals surface area contributed by atoms with Gasteiger partial charge in [-0.3, -0.25) is 0 Å². The van der Waals surface area contributed by atoms with E-state index in [-0.39, 0.29) is 0 Å². The first-order valence-corrected chi connectivity index (χ1v) is 5.05. The van der Waals surface area contributed by atoms with E-state index in [9.17, 15) is 0 Å². The van der Waals surface area contributed by atoms with Crippen molar-refractivity contribution < 1.29 is 4.42 Å². The second-order valence-electron chi connectivity index (χ2n) is 2.67. The van der Waals surface area contributed by atoms with Crippen molar-refractivity contribution in [3.05, 3.63) is 17.2 Å². The lowest BCUT2D eigenvalue weighted by atomic mass is 10.2. The molecule has 0 bridgehead atoms. The fraction of sp³-hybridized carbons (Fsp3) is 0.500. The topological polar surface area (TPSA) is 38.9 Å². The summed E-state index contributed by atoms with van der Waals surface area (Å²) in [6.07, 6.45) is 3.79. The van der Waals surface area contributed by atoms with E-state index in [1.807, 2.05) is 31.6 Å². The van der Waals surface area contributed by atoms with Crippen LogP contribution in [0.15, 0.2) is 9.83 Å². The minimum Gasteiger partial charge on any atom is -0.421 e. The zero-order valence-corrected chi connectivity index (χ0v) is 8.26. The van der Waals surface area contributed by atoms with E-state index in [2.05, 4.69) is 10.2 Å². The largest absolute Gasteiger partial charge is 0.421 e. The van der Waals surface area contributed by atoms with Crippen LogP contribution in [0.1, 0.15) is 31.5 Å². The van der Waals surface area contributed by atoms with Crippen LogP contribution in [0.3, 0.4) is 0 Å². The molecule has 0 unspecified atom stereocenters. The van der Waals surface area contributed by atoms with Gasteiger partial charge in [0.1, 0.15) is 0 Å². The van der Waals surface area contributed by atoms with E-state index in [0.717, 1.165) is 0 Å². The molecule has 3 nitrogen and oxygen atoms in total. The van der Waals surface area contributed by atoms with Gasteiger partial charge in [0.2, 0.25) is 11.8 Å². The van der Waals surface area contributed by atoms with Gasteiger partial charge in [0.25, 0.3) is 0 Å². The van der Waals surface area contributed by atoms with Crippen molar-refractivity contribution in [2.75, 3.05) is 6.26 Å². The lowest BCUT2D eigenvalue weighted by molar-refractivity contribution is 0.463. The monoisotopic (exact) mass is 184 g/mol. The first-order chi connectivity index (χ1) is 5.74. The Labute approximate surface area is 76.3 Å². The Morgan fingerprint density at radius 1 is 1.42 bits per heavy atom. The highest BCUT2D eigenvalue weighted by Crippen LogP contribution is 2.13. The van der Waals surface area contributed by atoms with Crippen LogP contribution in [-0.2, 0) is 0 Å². The van der Waals surface area contributed by atoms with Crippen LogP contribution in [0.25, 0.3) is 6.08 Å². The van der Waals surface area contributed by atoms with E-state index in [1.54, 1.807) is 11.8 Å². The zero-order chi connectivity index (χ0) is 8.97. The van der Waals surface area contributed by atoms with Gasteiger partial charge in [-0.1, -0.05) is 13.8 Å². The Bertz CT molecular complexity index is 268. The van der Waals surface area contributed by atoms with Crippen molar-refractivity contribution in [3.63, 3.8) is 0 Å². The average molecular weight is 184 g/mol. The first-order valence-electron chi connectivity index (χ1n) is 3.76. The highest BCUT2D eigenvalue weighted by atomic mass is 32.2. The number of aromatic nitrogens is 2. The molecule has 1 rings (SSSR count). The molecule has 0 radical (unpaired) electrons. The normalized spacial score (nSPS) is 11.7. The Hall–Kier alpha value is -0.770. The molecule has 1 aromatic heterocycles. The Morgan fingerprint density at radius 3 is 2.67 bits per heavy atom. The third kappa shape index (κ3) is 2.37. The van der Waals surface area contributed by atoms with Gasteiger partial charge < -0.3 is 4.42 Å². The summed E-state index contributed by atoms with van der Waals surface area (Å²) in [6, 6.07) is 0. The molecule has 0 aliphatic rings. The minimum atomic E-state index is 0.300. The van der Waals surface area contributed by atoms with Crippen molar-refractivity contribution in [2.24, 2.45) is 0 Å². The van der Waals surface area contributed by atoms with Gasteiger partial charge in [0.05, 0.1) is 0 Å². The molecule has 1 heterocycles. The maximum Gasteiger partial charge on any atom is 0.241 e. The molecule has 0 spiro atoms. The summed E-state index contributed by atoms with van der Waals surface area (Å²) < 4.78 is 5.32. The lowest BCUT2D eigenvalue weighted by Gasteiger charge is -1.92. The fourth-order valence-corrected chi connectivity index (χ4v) is 0.926. The third-order valence-corrected chi connectivity index (χ3v) is 1.71. The number of thioether (sulfide) groups is 1. The van der Waals surface area contributed by atoms with Crippen molar-refractivity contribution in [2.45, 2.75) is 19.8 Å². The van der Waals surface area contributed by atoms with E-state index >= 15 is 0 Å². The third-order valence-electron chi connectivity index (χ3n) is 1.30. The van der Waals surface area contributed by atoms with Gasteiger partial charge in [-0.2, -0.15) is 0 Å². The van der Waals surface area contributed by atoms with Crippen LogP contribution in [0.2, 0.25) is 0 Å². The van der Waals surface area contributed by atoms with E-state index in [4.69, 9.17) is 4.42 Å². The summed E-state index contributed by atoms with van der Waals surface area (Å²) in [7, 11) is 0. The molecule has 1 aromatic rings. The summed E-state index contributed by atoms with van der Waals surface area (Å²) in [4.78, 5) is 0. The highest BCUT2D eigenvalue weighted by Gasteiger charge is 2.06. The summed E-state index contributed by atoms with van der Waals surface area (Å²) in [6.45, 7) is 4.05. The Balaban J connectivity index is 2.70. The molecule has 0 atom stereocenters. The molecular weight excluding hydrogens is 172 g/mol. The SMILES string of the molecule is CS/C=C/c1nnc(C(C)C)o1. The molecule has 66 valence electrons. The quantitative estimate of drug-likeness (QED) is 0.723. The molecule has 0 aliphatic heterocycles. The van der Waals surface area contributed by atoms with Crippen molar-refractivity contribution >= 4 is 17.8 Å². The summed E-state index contributed by atoms with van der Waals surface area (Å²) in [5.74, 6) is 1.57. The molecule has 0 N–H and O–H groups in total. The standard InChI is InChI=1S/C8H12N2OS/c1-6(2)8-10-9-7(11-8)4-5-12-3/h4-6H,1-3H3/b5-4+. The maximum absolute atomic E-state index is 5.32. The van der Waals surface area contributed by atoms with Gasteiger partial charge >= 0.3 is 0 Å². The van der Waals surface area contributed by atoms with Gasteiger partial charge in [-0.05, 0) is 11.7 Å². The van der Waals surface area contributed by atoms with Gasteiger partial charge in [-0.25, -0.2) is 0 Å². The van der Waals surface area contributed by atoms with Gasteiger partial charge in [-0.15, -0.1) is 22.0 Å². The van der Waals surface area contributed by atoms with Crippen LogP contribution in [0, 0.1) is 0 Å². The molecule has 12 heavy (non-hydrogen) atoms. The number of rotatable bonds is 3. The summed E-state index contributed by atoms with van der Waals surface area (Å²) in [5.41, 5.74) is 0. The molecule has 0 saturated heterocycles. The van der Waals surface area contributed by atoms with Crippen molar-refractivity contribution in [3.8, 4) is 0 Å². The van der Waals surface area contributed by atoms with Crippen LogP contribution in [0.4, 0.5) is 0 Å². The highest BCUT2D eigenvalue weighted by molar-refractivity contribution is 8.01. The number of hydrogen-bond acceptors (Lipinski definition) is 4. The van der Waals surface area contributed by atoms with Gasteiger partial charge in [0, 0.05) is 12.0 Å². The minimum absolute atomic E-state index is 0.300. The molecule has 0 aliphatic carbocycles. The predicted octanol–water partition coefficient (Wildman–Crippen LogP) is 2.53. The lowest BCUT2D eigenvalue weighted by Crippen LogP contribution is -1.85. The van der Waals surface area contributed by atoms with Crippen LogP contribution in [-0.4, -0.2) is 16.5 Å². The fourth-order valence-electron chi connectivity index (χ4n) is 0.673. The molecule has 0 fully saturated rings. The summed E-state index contributed by atoms with van der Waals surface area (Å²) in [5, 5.41) is 9.66. The van der Waals surface area contributed by atoms with Crippen molar-refractivity contribution in [1.82, 2.24) is 10.2 Å². The predicted molar refractivity (Wildman–Crippen MR) is 50.9 cm³/mol. The zero-order valence-electron chi connectivity index (χ0n) is 7.44. The molecular formula is C8H12N2OS. The molecule has 4 heteroatoms. The smallest absolute Gasteiger partial charge is 0.241 e. The number of nitrogens with zero attached hydrogens (tertiary/aromatic N) is 2. The van der Waals surface area contributed by atoms with E-state index < -0.39 is 0 Å². The van der Waals surface area contributed by atoms with Crippen LogP contribution < -0.4 is 0 Å². The molecule has 0 aromatic carbocycles. The Kier molecular flexibility index (Phi) is 3.34. The van der Waals surface area contributed by atoms with E-state index in [1.165, 1.54) is 0 Å². The van der Waals surface area contributed by atoms with Crippen LogP contribution >= 0.6 is 11.8 Å². The maximum atomic E-state index is 5.32. The van der Waals surface area contributed by atoms with Gasteiger partial charge in [0.15, 0.2) is 0 Å². The second-order valence-corrected chi connectivity index (χ2v) is 3.42. The molecule has 0 saturated carbocycles. The van der Waals surface area contributed by atoms with Crippen molar-refractivity contribution in [1.29, 1.82) is 0 Å². The molecule has 0 amide bonds. The second kappa shape index (κ2) is 4.30. The van der Waals surface area contributed by atoms with E-state index in [0.29, 0.717) is 17.7 Å². The average Bonchev–Trinajstić information content (AvgIpc) is 2.48. The summed E-state index contributed by atoms with van der Waals surface area (Å²) >= 11 is 1.61. The first kappa shape index (κ1) is 9.32. The van der Waals surface area contributed by atoms with Crippen LogP contribution in [0.5, 0.6) is 0 Å². The number of hydrogen-bond donors (Lipinski definition) is 0. The Morgan fingerprint density at radius 2 is 2.17 bits per heavy atom.